The van der Waals surface area contributed by atoms with Gasteiger partial charge in [0.2, 0.25) is 5.91 Å². The summed E-state index contributed by atoms with van der Waals surface area (Å²) in [6.45, 7) is 4.82. The Kier molecular flexibility index (Phi) is 2.51. The van der Waals surface area contributed by atoms with Gasteiger partial charge >= 0.3 is 0 Å². The molecule has 0 aromatic rings. The summed E-state index contributed by atoms with van der Waals surface area (Å²) in [5.41, 5.74) is 0. The molecule has 2 saturated heterocycles. The average Bonchev–Trinajstić information content (AvgIpc) is 2.09. The van der Waals surface area contributed by atoms with E-state index in [1.165, 1.54) is 0 Å². The number of thioether (sulfide) groups is 1. The van der Waals surface area contributed by atoms with E-state index in [4.69, 9.17) is 4.74 Å². The van der Waals surface area contributed by atoms with Gasteiger partial charge in [0.15, 0.2) is 0 Å². The van der Waals surface area contributed by atoms with Crippen LogP contribution >= 0.6 is 11.8 Å². The second-order valence-corrected chi connectivity index (χ2v) is 4.83. The highest BCUT2D eigenvalue weighted by molar-refractivity contribution is 8.00. The predicted molar refractivity (Wildman–Crippen MR) is 52.3 cm³/mol. The van der Waals surface area contributed by atoms with Gasteiger partial charge in [0.1, 0.15) is 6.23 Å². The molecule has 0 saturated carbocycles. The van der Waals surface area contributed by atoms with E-state index >= 15 is 0 Å². The Labute approximate surface area is 82.8 Å². The fourth-order valence-electron chi connectivity index (χ4n) is 1.88. The van der Waals surface area contributed by atoms with Crippen LogP contribution in [-0.2, 0) is 9.53 Å². The number of amides is 1. The molecule has 1 amide bonds. The first-order chi connectivity index (χ1) is 6.24. The van der Waals surface area contributed by atoms with Crippen LogP contribution in [0.2, 0.25) is 0 Å². The van der Waals surface area contributed by atoms with Gasteiger partial charge in [-0.3, -0.25) is 4.79 Å². The normalized spacial score (nSPS) is 38.5. The minimum atomic E-state index is 0.0394. The van der Waals surface area contributed by atoms with Gasteiger partial charge in [0.25, 0.3) is 0 Å². The van der Waals surface area contributed by atoms with Crippen LogP contribution < -0.4 is 0 Å². The monoisotopic (exact) mass is 201 g/mol. The average molecular weight is 201 g/mol. The molecule has 13 heavy (non-hydrogen) atoms. The minimum Gasteiger partial charge on any atom is -0.358 e. The van der Waals surface area contributed by atoms with Crippen molar-refractivity contribution < 1.29 is 9.53 Å². The number of carbonyl (C=O) groups excluding carboxylic acids is 1. The van der Waals surface area contributed by atoms with Gasteiger partial charge in [0.05, 0.1) is 11.8 Å². The van der Waals surface area contributed by atoms with Crippen molar-refractivity contribution >= 4 is 17.7 Å². The lowest BCUT2D eigenvalue weighted by molar-refractivity contribution is -0.169. The number of rotatable bonds is 2. The summed E-state index contributed by atoms with van der Waals surface area (Å²) in [7, 11) is 0. The van der Waals surface area contributed by atoms with Crippen molar-refractivity contribution in [3.63, 3.8) is 0 Å². The molecule has 2 heterocycles. The summed E-state index contributed by atoms with van der Waals surface area (Å²) in [6.07, 6.45) is 0.749. The van der Waals surface area contributed by atoms with Gasteiger partial charge in [-0.2, -0.15) is 0 Å². The van der Waals surface area contributed by atoms with Crippen LogP contribution in [0.15, 0.2) is 0 Å². The van der Waals surface area contributed by atoms with Crippen molar-refractivity contribution in [1.29, 1.82) is 0 Å². The van der Waals surface area contributed by atoms with Crippen LogP contribution in [-0.4, -0.2) is 34.8 Å². The Bertz CT molecular complexity index is 222. The van der Waals surface area contributed by atoms with Gasteiger partial charge in [-0.1, -0.05) is 6.92 Å². The van der Waals surface area contributed by atoms with E-state index in [1.807, 2.05) is 23.6 Å². The number of hydrogen-bond acceptors (Lipinski definition) is 3. The molecule has 0 aliphatic carbocycles. The molecule has 0 unspecified atom stereocenters. The van der Waals surface area contributed by atoms with Crippen molar-refractivity contribution in [3.05, 3.63) is 0 Å². The Morgan fingerprint density at radius 2 is 2.46 bits per heavy atom. The Morgan fingerprint density at radius 3 is 3.08 bits per heavy atom. The third-order valence-corrected chi connectivity index (χ3v) is 4.09. The Morgan fingerprint density at radius 1 is 1.69 bits per heavy atom. The van der Waals surface area contributed by atoms with Crippen LogP contribution in [0.5, 0.6) is 0 Å². The second-order valence-electron chi connectivity index (χ2n) is 3.62. The third kappa shape index (κ3) is 1.46. The zero-order chi connectivity index (χ0) is 9.42. The predicted octanol–water partition coefficient (Wildman–Crippen LogP) is 1.29. The summed E-state index contributed by atoms with van der Waals surface area (Å²) < 4.78 is 5.59. The van der Waals surface area contributed by atoms with Crippen molar-refractivity contribution in [3.8, 4) is 0 Å². The van der Waals surface area contributed by atoms with E-state index in [-0.39, 0.29) is 12.1 Å². The summed E-state index contributed by atoms with van der Waals surface area (Å²) in [4.78, 5) is 13.2. The van der Waals surface area contributed by atoms with Crippen LogP contribution in [0.4, 0.5) is 0 Å². The smallest absolute Gasteiger partial charge is 0.228 e. The SMILES string of the molecule is CCO[C@@H]1[C@@H](C)CS[C@@H]2CC(=O)N12. The number of fused-ring (bicyclic) bond motifs is 1. The molecule has 0 N–H and O–H groups in total. The highest BCUT2D eigenvalue weighted by Crippen LogP contribution is 2.40. The maximum atomic E-state index is 11.3. The fourth-order valence-corrected chi connectivity index (χ4v) is 3.23. The molecule has 0 radical (unpaired) electrons. The van der Waals surface area contributed by atoms with E-state index in [0.29, 0.717) is 24.3 Å². The van der Waals surface area contributed by atoms with Gasteiger partial charge in [-0.05, 0) is 6.92 Å². The topological polar surface area (TPSA) is 29.5 Å². The van der Waals surface area contributed by atoms with Crippen LogP contribution in [0.3, 0.4) is 0 Å². The lowest BCUT2D eigenvalue weighted by atomic mass is 10.1. The molecule has 0 aromatic heterocycles. The fraction of sp³-hybridized carbons (Fsp3) is 0.889. The van der Waals surface area contributed by atoms with Crippen molar-refractivity contribution in [2.75, 3.05) is 12.4 Å². The second kappa shape index (κ2) is 3.50. The summed E-state index contributed by atoms with van der Waals surface area (Å²) in [5.74, 6) is 1.83. The third-order valence-electron chi connectivity index (χ3n) is 2.60. The molecular weight excluding hydrogens is 186 g/mol. The number of nitrogens with zero attached hydrogens (tertiary/aromatic N) is 1. The van der Waals surface area contributed by atoms with E-state index in [0.717, 1.165) is 5.75 Å². The Hall–Kier alpha value is -0.220. The first-order valence-corrected chi connectivity index (χ1v) is 5.83. The zero-order valence-corrected chi connectivity index (χ0v) is 8.84. The maximum absolute atomic E-state index is 11.3. The van der Waals surface area contributed by atoms with Gasteiger partial charge < -0.3 is 9.64 Å². The van der Waals surface area contributed by atoms with E-state index in [2.05, 4.69) is 6.92 Å². The van der Waals surface area contributed by atoms with Gasteiger partial charge in [-0.15, -0.1) is 11.8 Å². The highest BCUT2D eigenvalue weighted by Gasteiger charge is 2.46. The molecule has 2 rings (SSSR count). The molecule has 0 bridgehead atoms. The molecule has 74 valence electrons. The van der Waals surface area contributed by atoms with E-state index in [1.54, 1.807) is 0 Å². The van der Waals surface area contributed by atoms with Crippen LogP contribution in [0.1, 0.15) is 20.3 Å². The lowest BCUT2D eigenvalue weighted by Crippen LogP contribution is -2.61. The molecule has 4 heteroatoms. The van der Waals surface area contributed by atoms with E-state index in [9.17, 15) is 4.79 Å². The molecule has 2 aliphatic heterocycles. The van der Waals surface area contributed by atoms with Gasteiger partial charge in [-0.25, -0.2) is 0 Å². The minimum absolute atomic E-state index is 0.0394. The van der Waals surface area contributed by atoms with Crippen molar-refractivity contribution in [1.82, 2.24) is 4.90 Å². The highest BCUT2D eigenvalue weighted by atomic mass is 32.2. The summed E-state index contributed by atoms with van der Waals surface area (Å²) in [5, 5.41) is 0.403. The largest absolute Gasteiger partial charge is 0.358 e. The number of β-lactam (4-membered cyclic amide) rings is 1. The molecule has 0 spiro atoms. The summed E-state index contributed by atoms with van der Waals surface area (Å²) in [6, 6.07) is 0. The first-order valence-electron chi connectivity index (χ1n) is 4.78. The molecular formula is C9H15NO2S. The molecule has 3 atom stereocenters. The Balaban J connectivity index is 2.05. The molecule has 2 fully saturated rings. The number of hydrogen-bond donors (Lipinski definition) is 0. The zero-order valence-electron chi connectivity index (χ0n) is 8.03. The lowest BCUT2D eigenvalue weighted by Gasteiger charge is -2.50. The van der Waals surface area contributed by atoms with E-state index < -0.39 is 0 Å². The first kappa shape index (κ1) is 9.34. The number of carbonyl (C=O) groups is 1. The van der Waals surface area contributed by atoms with Crippen molar-refractivity contribution in [2.45, 2.75) is 31.9 Å². The quantitative estimate of drug-likeness (QED) is 0.630. The van der Waals surface area contributed by atoms with Crippen LogP contribution in [0.25, 0.3) is 0 Å². The molecule has 3 nitrogen and oxygen atoms in total. The number of ether oxygens (including phenoxy) is 1. The molecule has 2 aliphatic rings. The van der Waals surface area contributed by atoms with Gasteiger partial charge in [0, 0.05) is 18.3 Å². The van der Waals surface area contributed by atoms with Crippen LogP contribution in [0, 0.1) is 5.92 Å². The standard InChI is InChI=1S/C9H15NO2S/c1-3-12-9-6(2)5-13-8-4-7(11)10(8)9/h6,8-9H,3-5H2,1-2H3/t6-,8+,9+/m0/s1. The molecule has 0 aromatic carbocycles. The summed E-state index contributed by atoms with van der Waals surface area (Å²) >= 11 is 1.88. The maximum Gasteiger partial charge on any atom is 0.228 e. The van der Waals surface area contributed by atoms with Crippen molar-refractivity contribution in [2.24, 2.45) is 5.92 Å².